The molecule has 0 saturated carbocycles. The monoisotopic (exact) mass is 233 g/mol. The Morgan fingerprint density at radius 2 is 2.24 bits per heavy atom. The van der Waals surface area contributed by atoms with Crippen LogP contribution in [-0.4, -0.2) is 33.9 Å². The standard InChI is InChI=1S/C11H15N5O/c1-12-11(8-5-15-16(2)6-8)9-4-10(17-3)14-7-13-9/h4-7,11-12H,1-3H3. The summed E-state index contributed by atoms with van der Waals surface area (Å²) in [4.78, 5) is 8.25. The molecular formula is C11H15N5O. The van der Waals surface area contributed by atoms with Gasteiger partial charge >= 0.3 is 0 Å². The van der Waals surface area contributed by atoms with E-state index in [4.69, 9.17) is 4.74 Å². The van der Waals surface area contributed by atoms with E-state index in [1.807, 2.05) is 32.6 Å². The second-order valence-corrected chi connectivity index (χ2v) is 3.65. The number of aryl methyl sites for hydroxylation is 1. The van der Waals surface area contributed by atoms with Crippen molar-refractivity contribution < 1.29 is 4.74 Å². The Kier molecular flexibility index (Phi) is 3.34. The van der Waals surface area contributed by atoms with Gasteiger partial charge in [0.05, 0.1) is 25.0 Å². The third-order valence-corrected chi connectivity index (χ3v) is 2.51. The van der Waals surface area contributed by atoms with E-state index in [9.17, 15) is 0 Å². The number of nitrogens with one attached hydrogen (secondary N) is 1. The summed E-state index contributed by atoms with van der Waals surface area (Å²) in [6, 6.07) is 1.80. The first-order valence-corrected chi connectivity index (χ1v) is 5.26. The summed E-state index contributed by atoms with van der Waals surface area (Å²) in [5.74, 6) is 0.555. The lowest BCUT2D eigenvalue weighted by Crippen LogP contribution is -2.18. The molecule has 2 rings (SSSR count). The average molecular weight is 233 g/mol. The summed E-state index contributed by atoms with van der Waals surface area (Å²) in [6.07, 6.45) is 5.26. The second kappa shape index (κ2) is 4.92. The minimum absolute atomic E-state index is 0.0133. The molecule has 0 aliphatic heterocycles. The van der Waals surface area contributed by atoms with E-state index in [1.165, 1.54) is 6.33 Å². The Labute approximate surface area is 99.7 Å². The fraction of sp³-hybridized carbons (Fsp3) is 0.364. The third-order valence-electron chi connectivity index (χ3n) is 2.51. The van der Waals surface area contributed by atoms with E-state index in [0.29, 0.717) is 5.88 Å². The summed E-state index contributed by atoms with van der Waals surface area (Å²) >= 11 is 0. The smallest absolute Gasteiger partial charge is 0.216 e. The van der Waals surface area contributed by atoms with Gasteiger partial charge in [0.15, 0.2) is 0 Å². The van der Waals surface area contributed by atoms with Crippen molar-refractivity contribution in [2.75, 3.05) is 14.2 Å². The molecule has 17 heavy (non-hydrogen) atoms. The molecule has 0 radical (unpaired) electrons. The van der Waals surface area contributed by atoms with Gasteiger partial charge in [-0.3, -0.25) is 4.68 Å². The Morgan fingerprint density at radius 1 is 1.41 bits per heavy atom. The van der Waals surface area contributed by atoms with E-state index >= 15 is 0 Å². The maximum Gasteiger partial charge on any atom is 0.216 e. The van der Waals surface area contributed by atoms with Gasteiger partial charge in [0.2, 0.25) is 5.88 Å². The molecule has 6 heteroatoms. The molecule has 1 N–H and O–H groups in total. The number of nitrogens with zero attached hydrogens (tertiary/aromatic N) is 4. The minimum Gasteiger partial charge on any atom is -0.481 e. The lowest BCUT2D eigenvalue weighted by molar-refractivity contribution is 0.395. The van der Waals surface area contributed by atoms with Gasteiger partial charge in [0, 0.05) is 24.9 Å². The van der Waals surface area contributed by atoms with Crippen LogP contribution in [0.25, 0.3) is 0 Å². The van der Waals surface area contributed by atoms with Crippen LogP contribution in [0.1, 0.15) is 17.3 Å². The Balaban J connectivity index is 2.34. The highest BCUT2D eigenvalue weighted by molar-refractivity contribution is 5.26. The number of hydrogen-bond donors (Lipinski definition) is 1. The Hall–Kier alpha value is -1.95. The van der Waals surface area contributed by atoms with Crippen LogP contribution < -0.4 is 10.1 Å². The number of hydrogen-bond acceptors (Lipinski definition) is 5. The van der Waals surface area contributed by atoms with Crippen LogP contribution in [0.15, 0.2) is 24.8 Å². The maximum atomic E-state index is 5.09. The molecule has 1 atom stereocenters. The van der Waals surface area contributed by atoms with Crippen LogP contribution >= 0.6 is 0 Å². The zero-order valence-corrected chi connectivity index (χ0v) is 10.1. The van der Waals surface area contributed by atoms with Gasteiger partial charge in [-0.2, -0.15) is 5.10 Å². The molecule has 0 aromatic carbocycles. The van der Waals surface area contributed by atoms with Gasteiger partial charge in [-0.15, -0.1) is 0 Å². The lowest BCUT2D eigenvalue weighted by Gasteiger charge is -2.13. The van der Waals surface area contributed by atoms with Gasteiger partial charge in [-0.25, -0.2) is 9.97 Å². The molecule has 0 spiro atoms. The van der Waals surface area contributed by atoms with Crippen molar-refractivity contribution in [3.05, 3.63) is 36.0 Å². The van der Waals surface area contributed by atoms with Crippen LogP contribution in [-0.2, 0) is 7.05 Å². The lowest BCUT2D eigenvalue weighted by atomic mass is 10.1. The number of methoxy groups -OCH3 is 1. The molecule has 2 heterocycles. The molecule has 6 nitrogen and oxygen atoms in total. The van der Waals surface area contributed by atoms with E-state index < -0.39 is 0 Å². The first kappa shape index (κ1) is 11.5. The summed E-state index contributed by atoms with van der Waals surface area (Å²) < 4.78 is 6.85. The van der Waals surface area contributed by atoms with E-state index in [0.717, 1.165) is 11.3 Å². The quantitative estimate of drug-likeness (QED) is 0.834. The third kappa shape index (κ3) is 2.42. The van der Waals surface area contributed by atoms with Crippen molar-refractivity contribution in [3.63, 3.8) is 0 Å². The van der Waals surface area contributed by atoms with Gasteiger partial charge < -0.3 is 10.1 Å². The van der Waals surface area contributed by atoms with Crippen molar-refractivity contribution in [1.82, 2.24) is 25.1 Å². The molecule has 0 amide bonds. The summed E-state index contributed by atoms with van der Waals surface area (Å²) in [6.45, 7) is 0. The topological polar surface area (TPSA) is 64.9 Å². The average Bonchev–Trinajstić information content (AvgIpc) is 2.77. The van der Waals surface area contributed by atoms with Crippen LogP contribution in [0.5, 0.6) is 5.88 Å². The maximum absolute atomic E-state index is 5.09. The zero-order chi connectivity index (χ0) is 12.3. The number of rotatable bonds is 4. The van der Waals surface area contributed by atoms with Crippen LogP contribution in [0.4, 0.5) is 0 Å². The molecule has 0 fully saturated rings. The largest absolute Gasteiger partial charge is 0.481 e. The predicted octanol–water partition coefficient (Wildman–Crippen LogP) is 0.527. The van der Waals surface area contributed by atoms with Crippen LogP contribution in [0, 0.1) is 0 Å². The van der Waals surface area contributed by atoms with Crippen LogP contribution in [0.2, 0.25) is 0 Å². The summed E-state index contributed by atoms with van der Waals surface area (Å²) in [5.41, 5.74) is 1.91. The molecular weight excluding hydrogens is 218 g/mol. The van der Waals surface area contributed by atoms with Crippen LogP contribution in [0.3, 0.4) is 0 Å². The van der Waals surface area contributed by atoms with Crippen molar-refractivity contribution in [2.45, 2.75) is 6.04 Å². The van der Waals surface area contributed by atoms with Crippen molar-refractivity contribution >= 4 is 0 Å². The molecule has 0 bridgehead atoms. The van der Waals surface area contributed by atoms with E-state index in [1.54, 1.807) is 11.8 Å². The summed E-state index contributed by atoms with van der Waals surface area (Å²) in [7, 11) is 5.35. The zero-order valence-electron chi connectivity index (χ0n) is 10.1. The van der Waals surface area contributed by atoms with Crippen molar-refractivity contribution in [3.8, 4) is 5.88 Å². The van der Waals surface area contributed by atoms with Crippen molar-refractivity contribution in [1.29, 1.82) is 0 Å². The fourth-order valence-electron chi connectivity index (χ4n) is 1.70. The normalized spacial score (nSPS) is 12.4. The highest BCUT2D eigenvalue weighted by Crippen LogP contribution is 2.20. The molecule has 2 aromatic heterocycles. The number of ether oxygens (including phenoxy) is 1. The van der Waals surface area contributed by atoms with Gasteiger partial charge in [0.25, 0.3) is 0 Å². The highest BCUT2D eigenvalue weighted by Gasteiger charge is 2.15. The molecule has 0 aliphatic rings. The molecule has 0 aliphatic carbocycles. The predicted molar refractivity (Wildman–Crippen MR) is 62.7 cm³/mol. The van der Waals surface area contributed by atoms with E-state index in [2.05, 4.69) is 20.4 Å². The van der Waals surface area contributed by atoms with Crippen molar-refractivity contribution in [2.24, 2.45) is 7.05 Å². The SMILES string of the molecule is CNC(c1cnn(C)c1)c1cc(OC)ncn1. The first-order chi connectivity index (χ1) is 8.24. The van der Waals surface area contributed by atoms with Gasteiger partial charge in [-0.1, -0.05) is 0 Å². The molecule has 1 unspecified atom stereocenters. The van der Waals surface area contributed by atoms with Gasteiger partial charge in [-0.05, 0) is 7.05 Å². The summed E-state index contributed by atoms with van der Waals surface area (Å²) in [5, 5.41) is 7.36. The first-order valence-electron chi connectivity index (χ1n) is 5.26. The number of aromatic nitrogens is 4. The minimum atomic E-state index is -0.0133. The second-order valence-electron chi connectivity index (χ2n) is 3.65. The Morgan fingerprint density at radius 3 is 2.82 bits per heavy atom. The Bertz CT molecular complexity index is 496. The molecule has 0 saturated heterocycles. The van der Waals surface area contributed by atoms with E-state index in [-0.39, 0.29) is 6.04 Å². The highest BCUT2D eigenvalue weighted by atomic mass is 16.5. The fourth-order valence-corrected chi connectivity index (χ4v) is 1.70. The molecule has 2 aromatic rings. The molecule has 90 valence electrons. The van der Waals surface area contributed by atoms with Gasteiger partial charge in [0.1, 0.15) is 6.33 Å².